The van der Waals surface area contributed by atoms with Crippen molar-refractivity contribution in [2.24, 2.45) is 11.7 Å². The van der Waals surface area contributed by atoms with Crippen molar-refractivity contribution in [2.75, 3.05) is 26.2 Å². The van der Waals surface area contributed by atoms with Crippen LogP contribution in [0, 0.1) is 5.92 Å². The molecule has 0 unspecified atom stereocenters. The lowest BCUT2D eigenvalue weighted by atomic mass is 9.97. The van der Waals surface area contributed by atoms with Crippen molar-refractivity contribution in [1.82, 2.24) is 14.6 Å². The molecule has 10 heteroatoms. The van der Waals surface area contributed by atoms with E-state index >= 15 is 0 Å². The van der Waals surface area contributed by atoms with E-state index < -0.39 is 10.0 Å². The minimum Gasteiger partial charge on any atom is -0.473 e. The second-order valence-electron chi connectivity index (χ2n) is 7.05. The third-order valence-corrected chi connectivity index (χ3v) is 6.80. The maximum Gasteiger partial charge on any atom is 0.244 e. The van der Waals surface area contributed by atoms with Gasteiger partial charge < -0.3 is 15.8 Å². The molecule has 2 fully saturated rings. The van der Waals surface area contributed by atoms with Gasteiger partial charge in [-0.05, 0) is 31.7 Å². The van der Waals surface area contributed by atoms with E-state index in [1.54, 1.807) is 0 Å². The first-order chi connectivity index (χ1) is 13.4. The average Bonchev–Trinajstić information content (AvgIpc) is 3.53. The summed E-state index contributed by atoms with van der Waals surface area (Å²) in [6.45, 7) is 0.565. The van der Waals surface area contributed by atoms with Crippen LogP contribution in [0.1, 0.15) is 25.7 Å². The number of ether oxygens (including phenoxy) is 1. The number of hydrogen-bond acceptors (Lipinski definition) is 6. The molecule has 0 bridgehead atoms. The highest BCUT2D eigenvalue weighted by Crippen LogP contribution is 2.26. The summed E-state index contributed by atoms with van der Waals surface area (Å²) >= 11 is 0. The molecule has 1 aromatic heterocycles. The molecular formula is C18H25FN4O4S. The minimum atomic E-state index is -3.69. The van der Waals surface area contributed by atoms with Crippen LogP contribution in [-0.4, -0.2) is 55.9 Å². The molecular weight excluding hydrogens is 387 g/mol. The van der Waals surface area contributed by atoms with E-state index in [0.717, 1.165) is 12.8 Å². The van der Waals surface area contributed by atoms with Gasteiger partial charge in [0.2, 0.25) is 21.8 Å². The van der Waals surface area contributed by atoms with E-state index in [4.69, 9.17) is 10.5 Å². The molecule has 8 nitrogen and oxygen atoms in total. The molecule has 1 aliphatic carbocycles. The average molecular weight is 412 g/mol. The predicted octanol–water partition coefficient (Wildman–Crippen LogP) is 0.952. The van der Waals surface area contributed by atoms with Gasteiger partial charge in [0.25, 0.3) is 0 Å². The Bertz CT molecular complexity index is 816. The highest BCUT2D eigenvalue weighted by atomic mass is 32.2. The third kappa shape index (κ3) is 5.06. The lowest BCUT2D eigenvalue weighted by molar-refractivity contribution is -0.126. The topological polar surface area (TPSA) is 115 Å². The molecule has 1 aromatic rings. The largest absolute Gasteiger partial charge is 0.473 e. The Hall–Kier alpha value is -2.04. The van der Waals surface area contributed by atoms with Crippen LogP contribution in [-0.2, 0) is 14.8 Å². The molecule has 1 aliphatic heterocycles. The molecule has 1 saturated carbocycles. The number of halogens is 1. The summed E-state index contributed by atoms with van der Waals surface area (Å²) in [7, 11) is -3.69. The zero-order valence-corrected chi connectivity index (χ0v) is 16.3. The normalized spacial score (nSPS) is 19.4. The summed E-state index contributed by atoms with van der Waals surface area (Å²) in [6, 6.07) is 3.14. The molecule has 3 N–H and O–H groups in total. The van der Waals surface area contributed by atoms with Crippen LogP contribution in [0.25, 0.3) is 0 Å². The van der Waals surface area contributed by atoms with E-state index in [2.05, 4.69) is 10.3 Å². The van der Waals surface area contributed by atoms with Gasteiger partial charge in [-0.25, -0.2) is 17.8 Å². The van der Waals surface area contributed by atoms with Gasteiger partial charge in [-0.2, -0.15) is 4.31 Å². The second-order valence-corrected chi connectivity index (χ2v) is 8.99. The maximum absolute atomic E-state index is 12.8. The number of carbonyl (C=O) groups excluding carboxylic acids is 1. The molecule has 0 aromatic carbocycles. The van der Waals surface area contributed by atoms with Gasteiger partial charge in [0.1, 0.15) is 11.5 Å². The van der Waals surface area contributed by atoms with Gasteiger partial charge in [0.15, 0.2) is 0 Å². The zero-order chi connectivity index (χ0) is 20.1. The van der Waals surface area contributed by atoms with Crippen molar-refractivity contribution in [2.45, 2.75) is 36.6 Å². The quantitative estimate of drug-likeness (QED) is 0.657. The van der Waals surface area contributed by atoms with E-state index in [1.165, 1.54) is 22.6 Å². The number of piperidine rings is 1. The van der Waals surface area contributed by atoms with Gasteiger partial charge >= 0.3 is 0 Å². The third-order valence-electron chi connectivity index (χ3n) is 4.92. The van der Waals surface area contributed by atoms with Crippen LogP contribution < -0.4 is 15.8 Å². The van der Waals surface area contributed by atoms with Gasteiger partial charge in [-0.3, -0.25) is 4.79 Å². The standard InChI is InChI=1S/C18H25FN4O4S/c19-9-13(10-20)12-27-17-4-3-16(11-21-17)28(25,26)23-7-5-14(6-8-23)18(24)22-15-1-2-15/h3-4,9,11,14-15H,1-2,5-8,10,12,20H2,(H,22,24). The summed E-state index contributed by atoms with van der Waals surface area (Å²) < 4.78 is 44.7. The van der Waals surface area contributed by atoms with Gasteiger partial charge in [-0.1, -0.05) is 0 Å². The number of nitrogens with two attached hydrogens (primary N) is 1. The van der Waals surface area contributed by atoms with Crippen LogP contribution >= 0.6 is 0 Å². The number of hydrogen-bond donors (Lipinski definition) is 2. The van der Waals surface area contributed by atoms with Crippen molar-refractivity contribution in [3.8, 4) is 5.88 Å². The van der Waals surface area contributed by atoms with Crippen molar-refractivity contribution in [3.63, 3.8) is 0 Å². The van der Waals surface area contributed by atoms with E-state index in [1.807, 2.05) is 0 Å². The van der Waals surface area contributed by atoms with Crippen LogP contribution in [0.3, 0.4) is 0 Å². The van der Waals surface area contributed by atoms with Crippen molar-refractivity contribution in [1.29, 1.82) is 0 Å². The first-order valence-electron chi connectivity index (χ1n) is 9.31. The number of nitrogens with zero attached hydrogens (tertiary/aromatic N) is 2. The van der Waals surface area contributed by atoms with E-state index in [9.17, 15) is 17.6 Å². The van der Waals surface area contributed by atoms with Gasteiger partial charge in [-0.15, -0.1) is 0 Å². The fourth-order valence-corrected chi connectivity index (χ4v) is 4.38. The fraction of sp³-hybridized carbons (Fsp3) is 0.556. The first-order valence-corrected chi connectivity index (χ1v) is 10.8. The lowest BCUT2D eigenvalue weighted by Gasteiger charge is -2.30. The van der Waals surface area contributed by atoms with Gasteiger partial charge in [0, 0.05) is 43.2 Å². The predicted molar refractivity (Wildman–Crippen MR) is 101 cm³/mol. The second kappa shape index (κ2) is 8.97. The number of rotatable bonds is 8. The summed E-state index contributed by atoms with van der Waals surface area (Å²) in [5, 5.41) is 2.98. The lowest BCUT2D eigenvalue weighted by Crippen LogP contribution is -2.43. The highest BCUT2D eigenvalue weighted by Gasteiger charge is 2.34. The molecule has 154 valence electrons. The Morgan fingerprint density at radius 3 is 2.57 bits per heavy atom. The molecule has 2 heterocycles. The highest BCUT2D eigenvalue weighted by molar-refractivity contribution is 7.89. The smallest absolute Gasteiger partial charge is 0.244 e. The van der Waals surface area contributed by atoms with E-state index in [0.29, 0.717) is 38.3 Å². The molecule has 28 heavy (non-hydrogen) atoms. The number of aromatic nitrogens is 1. The van der Waals surface area contributed by atoms with Gasteiger partial charge in [0.05, 0.1) is 12.5 Å². The summed E-state index contributed by atoms with van der Waals surface area (Å²) in [4.78, 5) is 16.2. The number of amides is 1. The number of carbonyl (C=O) groups is 1. The molecule has 1 saturated heterocycles. The summed E-state index contributed by atoms with van der Waals surface area (Å²) in [5.74, 6) is 0.0744. The number of sulfonamides is 1. The number of pyridine rings is 1. The maximum atomic E-state index is 12.8. The number of nitrogens with one attached hydrogen (secondary N) is 1. The van der Waals surface area contributed by atoms with Crippen LogP contribution in [0.2, 0.25) is 0 Å². The molecule has 1 amide bonds. The molecule has 0 spiro atoms. The zero-order valence-electron chi connectivity index (χ0n) is 15.5. The Kier molecular flexibility index (Phi) is 6.63. The monoisotopic (exact) mass is 412 g/mol. The van der Waals surface area contributed by atoms with Crippen molar-refractivity contribution < 1.29 is 22.3 Å². The Labute approximate surface area is 164 Å². The molecule has 3 rings (SSSR count). The SMILES string of the molecule is NCC(=CF)COc1ccc(S(=O)(=O)N2CCC(C(=O)NC3CC3)CC2)cn1. The molecule has 0 radical (unpaired) electrons. The van der Waals surface area contributed by atoms with Crippen LogP contribution in [0.4, 0.5) is 4.39 Å². The Morgan fingerprint density at radius 2 is 2.04 bits per heavy atom. The van der Waals surface area contributed by atoms with Crippen LogP contribution in [0.15, 0.2) is 35.1 Å². The summed E-state index contributed by atoms with van der Waals surface area (Å²) in [5.41, 5.74) is 5.62. The van der Waals surface area contributed by atoms with Crippen LogP contribution in [0.5, 0.6) is 5.88 Å². The Morgan fingerprint density at radius 1 is 1.32 bits per heavy atom. The Balaban J connectivity index is 1.56. The van der Waals surface area contributed by atoms with E-state index in [-0.39, 0.29) is 41.3 Å². The summed E-state index contributed by atoms with van der Waals surface area (Å²) in [6.07, 6.45) is 4.67. The van der Waals surface area contributed by atoms with Crippen molar-refractivity contribution >= 4 is 15.9 Å². The minimum absolute atomic E-state index is 0.0254. The molecule has 0 atom stereocenters. The van der Waals surface area contributed by atoms with Crippen molar-refractivity contribution in [3.05, 3.63) is 30.2 Å². The fourth-order valence-electron chi connectivity index (χ4n) is 2.96. The molecule has 2 aliphatic rings. The first kappa shape index (κ1) is 20.7.